The van der Waals surface area contributed by atoms with Crippen molar-refractivity contribution in [2.45, 2.75) is 58.1 Å². The Labute approximate surface area is 139 Å². The van der Waals surface area contributed by atoms with E-state index < -0.39 is 0 Å². The number of ether oxygens (including phenoxy) is 1. The number of imidazole rings is 1. The number of nitrogens with one attached hydrogen (secondary N) is 2. The number of aliphatic imine (C=N–C) groups is 1. The predicted octanol–water partition coefficient (Wildman–Crippen LogP) is 2.18. The standard InChI is InChI=1S/C17H31N5O/c1-2-19-17(21-11-13-22-12-10-18-15-22)20-9-6-14-23-16-7-4-3-5-8-16/h10,12,15-16H,2-9,11,13-14H2,1H3,(H2,19,20,21). The summed E-state index contributed by atoms with van der Waals surface area (Å²) < 4.78 is 7.98. The summed E-state index contributed by atoms with van der Waals surface area (Å²) in [6.45, 7) is 6.29. The van der Waals surface area contributed by atoms with E-state index in [0.29, 0.717) is 6.10 Å². The molecule has 0 radical (unpaired) electrons. The molecule has 1 heterocycles. The Morgan fingerprint density at radius 3 is 2.91 bits per heavy atom. The molecule has 0 spiro atoms. The molecule has 1 saturated carbocycles. The van der Waals surface area contributed by atoms with Gasteiger partial charge in [0.1, 0.15) is 0 Å². The van der Waals surface area contributed by atoms with Gasteiger partial charge in [0.15, 0.2) is 5.96 Å². The van der Waals surface area contributed by atoms with Crippen LogP contribution in [0.25, 0.3) is 0 Å². The minimum absolute atomic E-state index is 0.495. The van der Waals surface area contributed by atoms with E-state index in [4.69, 9.17) is 4.74 Å². The third kappa shape index (κ3) is 7.50. The molecule has 1 aliphatic carbocycles. The van der Waals surface area contributed by atoms with Gasteiger partial charge < -0.3 is 19.9 Å². The molecule has 6 heteroatoms. The Balaban J connectivity index is 1.58. The summed E-state index contributed by atoms with van der Waals surface area (Å²) in [5.74, 6) is 0.880. The molecule has 2 rings (SSSR count). The minimum Gasteiger partial charge on any atom is -0.378 e. The van der Waals surface area contributed by atoms with Gasteiger partial charge in [-0.05, 0) is 26.2 Å². The largest absolute Gasteiger partial charge is 0.378 e. The van der Waals surface area contributed by atoms with Crippen molar-refractivity contribution in [3.8, 4) is 0 Å². The van der Waals surface area contributed by atoms with E-state index in [1.807, 2.05) is 12.5 Å². The number of nitrogens with zero attached hydrogens (tertiary/aromatic N) is 3. The Bertz CT molecular complexity index is 426. The first-order valence-corrected chi connectivity index (χ1v) is 8.98. The SMILES string of the molecule is CCNC(=NCCCOC1CCCCC1)NCCn1ccnc1. The Morgan fingerprint density at radius 2 is 2.17 bits per heavy atom. The summed E-state index contributed by atoms with van der Waals surface area (Å²) in [7, 11) is 0. The Hall–Kier alpha value is -1.56. The van der Waals surface area contributed by atoms with Gasteiger partial charge in [0.25, 0.3) is 0 Å². The third-order valence-electron chi connectivity index (χ3n) is 4.04. The fraction of sp³-hybridized carbons (Fsp3) is 0.765. The van der Waals surface area contributed by atoms with Crippen molar-refractivity contribution < 1.29 is 4.74 Å². The van der Waals surface area contributed by atoms with Gasteiger partial charge in [0.05, 0.1) is 12.4 Å². The van der Waals surface area contributed by atoms with E-state index in [0.717, 1.165) is 45.2 Å². The van der Waals surface area contributed by atoms with Crippen LogP contribution >= 0.6 is 0 Å². The zero-order chi connectivity index (χ0) is 16.2. The van der Waals surface area contributed by atoms with Gasteiger partial charge in [-0.15, -0.1) is 0 Å². The van der Waals surface area contributed by atoms with Crippen LogP contribution < -0.4 is 10.6 Å². The molecule has 1 aliphatic rings. The van der Waals surface area contributed by atoms with Crippen molar-refractivity contribution in [2.75, 3.05) is 26.2 Å². The third-order valence-corrected chi connectivity index (χ3v) is 4.04. The zero-order valence-electron chi connectivity index (χ0n) is 14.3. The molecule has 1 fully saturated rings. The molecular formula is C17H31N5O. The topological polar surface area (TPSA) is 63.5 Å². The summed E-state index contributed by atoms with van der Waals surface area (Å²) in [4.78, 5) is 8.64. The molecule has 1 aromatic heterocycles. The zero-order valence-corrected chi connectivity index (χ0v) is 14.3. The smallest absolute Gasteiger partial charge is 0.191 e. The number of aromatic nitrogens is 2. The van der Waals surface area contributed by atoms with Crippen molar-refractivity contribution in [3.63, 3.8) is 0 Å². The van der Waals surface area contributed by atoms with Crippen LogP contribution in [-0.4, -0.2) is 47.9 Å². The highest BCUT2D eigenvalue weighted by Gasteiger charge is 2.12. The van der Waals surface area contributed by atoms with E-state index in [2.05, 4.69) is 32.1 Å². The molecule has 130 valence electrons. The van der Waals surface area contributed by atoms with E-state index >= 15 is 0 Å². The summed E-state index contributed by atoms with van der Waals surface area (Å²) in [6, 6.07) is 0. The van der Waals surface area contributed by atoms with Crippen LogP contribution in [0.1, 0.15) is 45.4 Å². The molecule has 1 aromatic rings. The maximum Gasteiger partial charge on any atom is 0.191 e. The molecule has 0 unspecified atom stereocenters. The Morgan fingerprint density at radius 1 is 1.30 bits per heavy atom. The highest BCUT2D eigenvalue weighted by molar-refractivity contribution is 5.79. The molecule has 0 saturated heterocycles. The van der Waals surface area contributed by atoms with Gasteiger partial charge in [-0.2, -0.15) is 0 Å². The highest BCUT2D eigenvalue weighted by atomic mass is 16.5. The van der Waals surface area contributed by atoms with Crippen LogP contribution in [0.2, 0.25) is 0 Å². The molecule has 0 aromatic carbocycles. The number of guanidine groups is 1. The molecule has 2 N–H and O–H groups in total. The summed E-state index contributed by atoms with van der Waals surface area (Å²) >= 11 is 0. The average molecular weight is 321 g/mol. The lowest BCUT2D eigenvalue weighted by Gasteiger charge is -2.21. The molecule has 0 atom stereocenters. The van der Waals surface area contributed by atoms with Gasteiger partial charge in [0, 0.05) is 45.2 Å². The Kier molecular flexibility index (Phi) is 8.55. The minimum atomic E-state index is 0.495. The number of hydrogen-bond donors (Lipinski definition) is 2. The van der Waals surface area contributed by atoms with Crippen LogP contribution in [-0.2, 0) is 11.3 Å². The highest BCUT2D eigenvalue weighted by Crippen LogP contribution is 2.20. The van der Waals surface area contributed by atoms with Crippen LogP contribution in [0.15, 0.2) is 23.7 Å². The lowest BCUT2D eigenvalue weighted by Crippen LogP contribution is -2.39. The number of rotatable bonds is 9. The summed E-state index contributed by atoms with van der Waals surface area (Å²) in [6.07, 6.45) is 13.6. The first-order chi connectivity index (χ1) is 11.4. The first-order valence-electron chi connectivity index (χ1n) is 8.98. The van der Waals surface area contributed by atoms with Crippen molar-refractivity contribution in [2.24, 2.45) is 4.99 Å². The monoisotopic (exact) mass is 321 g/mol. The van der Waals surface area contributed by atoms with Gasteiger partial charge in [-0.1, -0.05) is 19.3 Å². The first kappa shape index (κ1) is 17.8. The van der Waals surface area contributed by atoms with Gasteiger partial charge in [-0.25, -0.2) is 4.98 Å². The maximum absolute atomic E-state index is 5.93. The van der Waals surface area contributed by atoms with Crippen LogP contribution in [0.4, 0.5) is 0 Å². The fourth-order valence-corrected chi connectivity index (χ4v) is 2.80. The molecular weight excluding hydrogens is 290 g/mol. The van der Waals surface area contributed by atoms with Crippen molar-refractivity contribution in [3.05, 3.63) is 18.7 Å². The average Bonchev–Trinajstić information content (AvgIpc) is 3.09. The van der Waals surface area contributed by atoms with Crippen molar-refractivity contribution >= 4 is 5.96 Å². The normalized spacial score (nSPS) is 16.5. The molecule has 23 heavy (non-hydrogen) atoms. The maximum atomic E-state index is 5.93. The molecule has 0 bridgehead atoms. The van der Waals surface area contributed by atoms with E-state index in [9.17, 15) is 0 Å². The second-order valence-corrected chi connectivity index (χ2v) is 5.97. The van der Waals surface area contributed by atoms with Gasteiger partial charge >= 0.3 is 0 Å². The number of hydrogen-bond acceptors (Lipinski definition) is 3. The fourth-order valence-electron chi connectivity index (χ4n) is 2.80. The predicted molar refractivity (Wildman–Crippen MR) is 93.7 cm³/mol. The van der Waals surface area contributed by atoms with E-state index in [1.54, 1.807) is 6.20 Å². The van der Waals surface area contributed by atoms with E-state index in [1.165, 1.54) is 32.1 Å². The van der Waals surface area contributed by atoms with Crippen molar-refractivity contribution in [1.29, 1.82) is 0 Å². The molecule has 0 amide bonds. The van der Waals surface area contributed by atoms with Crippen LogP contribution in [0, 0.1) is 0 Å². The lowest BCUT2D eigenvalue weighted by atomic mass is 9.98. The van der Waals surface area contributed by atoms with Crippen LogP contribution in [0.3, 0.4) is 0 Å². The van der Waals surface area contributed by atoms with Gasteiger partial charge in [-0.3, -0.25) is 4.99 Å². The van der Waals surface area contributed by atoms with Crippen molar-refractivity contribution in [1.82, 2.24) is 20.2 Å². The molecule has 0 aliphatic heterocycles. The second kappa shape index (κ2) is 11.0. The van der Waals surface area contributed by atoms with E-state index in [-0.39, 0.29) is 0 Å². The lowest BCUT2D eigenvalue weighted by molar-refractivity contribution is 0.0281. The van der Waals surface area contributed by atoms with Crippen LogP contribution in [0.5, 0.6) is 0 Å². The second-order valence-electron chi connectivity index (χ2n) is 5.97. The summed E-state index contributed by atoms with van der Waals surface area (Å²) in [5.41, 5.74) is 0. The molecule has 6 nitrogen and oxygen atoms in total. The summed E-state index contributed by atoms with van der Waals surface area (Å²) in [5, 5.41) is 6.62. The quantitative estimate of drug-likeness (QED) is 0.416. The van der Waals surface area contributed by atoms with Gasteiger partial charge in [0.2, 0.25) is 0 Å².